The number of hydrogen-bond donors (Lipinski definition) is 4. The summed E-state index contributed by atoms with van der Waals surface area (Å²) in [4.78, 5) is 48.7. The molecular weight excluding hydrogens is 434 g/mol. The van der Waals surface area contributed by atoms with Crippen LogP contribution in [0.3, 0.4) is 0 Å². The highest BCUT2D eigenvalue weighted by Gasteiger charge is 2.35. The molecule has 1 aliphatic rings. The third kappa shape index (κ3) is 6.21. The lowest BCUT2D eigenvalue weighted by molar-refractivity contribution is -0.149. The van der Waals surface area contributed by atoms with Crippen molar-refractivity contribution in [1.82, 2.24) is 10.9 Å². The van der Waals surface area contributed by atoms with Crippen LogP contribution in [0.2, 0.25) is 0 Å². The molecule has 2 aromatic rings. The maximum Gasteiger partial charge on any atom is 0.307 e. The molecule has 1 saturated carbocycles. The predicted molar refractivity (Wildman–Crippen MR) is 128 cm³/mol. The third-order valence-electron chi connectivity index (χ3n) is 6.14. The summed E-state index contributed by atoms with van der Waals surface area (Å²) in [6, 6.07) is 13.7. The van der Waals surface area contributed by atoms with Gasteiger partial charge in [-0.15, -0.1) is 0 Å². The van der Waals surface area contributed by atoms with E-state index in [4.69, 9.17) is 0 Å². The Balaban J connectivity index is 1.54. The normalized spacial score (nSPS) is 18.0. The Bertz CT molecular complexity index is 1060. The molecule has 34 heavy (non-hydrogen) atoms. The minimum absolute atomic E-state index is 0.000744. The molecule has 1 aliphatic carbocycles. The molecule has 8 heteroatoms. The SMILES string of the molecule is CC(C)(C)c1ccc(C(=O)Nc2ccc(C(=O)NNC(=O)C3CCCC[C@@H]3C(=O)O)cc2)cc1. The fourth-order valence-electron chi connectivity index (χ4n) is 4.05. The largest absolute Gasteiger partial charge is 0.481 e. The van der Waals surface area contributed by atoms with Gasteiger partial charge in [-0.1, -0.05) is 45.7 Å². The zero-order valence-corrected chi connectivity index (χ0v) is 19.7. The molecule has 0 heterocycles. The summed E-state index contributed by atoms with van der Waals surface area (Å²) in [5.74, 6) is -3.69. The number of hydrazine groups is 1. The van der Waals surface area contributed by atoms with Gasteiger partial charge in [0.25, 0.3) is 11.8 Å². The number of benzene rings is 2. The van der Waals surface area contributed by atoms with Crippen LogP contribution < -0.4 is 16.2 Å². The first kappa shape index (κ1) is 25.0. The predicted octanol–water partition coefficient (Wildman–Crippen LogP) is 3.89. The van der Waals surface area contributed by atoms with Crippen LogP contribution in [0, 0.1) is 11.8 Å². The van der Waals surface area contributed by atoms with Crippen LogP contribution in [0.5, 0.6) is 0 Å². The number of carboxylic acids is 1. The van der Waals surface area contributed by atoms with Gasteiger partial charge in [-0.2, -0.15) is 0 Å². The Morgan fingerprint density at radius 1 is 0.765 bits per heavy atom. The molecule has 3 amide bonds. The molecule has 1 fully saturated rings. The zero-order chi connectivity index (χ0) is 24.9. The first-order valence-corrected chi connectivity index (χ1v) is 11.4. The van der Waals surface area contributed by atoms with E-state index < -0.39 is 29.6 Å². The van der Waals surface area contributed by atoms with Crippen molar-refractivity contribution >= 4 is 29.4 Å². The maximum atomic E-state index is 12.5. The summed E-state index contributed by atoms with van der Waals surface area (Å²) in [5, 5.41) is 12.1. The molecule has 0 bridgehead atoms. The first-order chi connectivity index (χ1) is 16.1. The van der Waals surface area contributed by atoms with E-state index in [9.17, 15) is 24.3 Å². The highest BCUT2D eigenvalue weighted by Crippen LogP contribution is 2.30. The molecule has 2 atom stereocenters. The maximum absolute atomic E-state index is 12.5. The number of aliphatic carboxylic acids is 1. The van der Waals surface area contributed by atoms with E-state index in [1.165, 1.54) is 12.1 Å². The number of nitrogens with one attached hydrogen (secondary N) is 3. The van der Waals surface area contributed by atoms with E-state index in [2.05, 4.69) is 36.9 Å². The van der Waals surface area contributed by atoms with Gasteiger partial charge in [0.05, 0.1) is 11.8 Å². The van der Waals surface area contributed by atoms with Gasteiger partial charge in [0, 0.05) is 16.8 Å². The quantitative estimate of drug-likeness (QED) is 0.499. The van der Waals surface area contributed by atoms with Gasteiger partial charge in [0.2, 0.25) is 5.91 Å². The van der Waals surface area contributed by atoms with Gasteiger partial charge in [0.1, 0.15) is 0 Å². The van der Waals surface area contributed by atoms with Crippen molar-refractivity contribution in [2.24, 2.45) is 11.8 Å². The van der Waals surface area contributed by atoms with Crippen LogP contribution in [0.4, 0.5) is 5.69 Å². The molecule has 4 N–H and O–H groups in total. The number of hydrogen-bond acceptors (Lipinski definition) is 4. The molecule has 0 radical (unpaired) electrons. The Kier molecular flexibility index (Phi) is 7.71. The van der Waals surface area contributed by atoms with E-state index in [1.54, 1.807) is 24.3 Å². The van der Waals surface area contributed by atoms with Gasteiger partial charge >= 0.3 is 5.97 Å². The smallest absolute Gasteiger partial charge is 0.307 e. The molecule has 8 nitrogen and oxygen atoms in total. The van der Waals surface area contributed by atoms with Gasteiger partial charge in [0.15, 0.2) is 0 Å². The number of carboxylic acid groups (broad SMARTS) is 1. The standard InChI is InChI=1S/C26H31N3O5/c1-26(2,3)18-12-8-16(9-13-18)22(30)27-19-14-10-17(11-15-19)23(31)28-29-24(32)20-6-4-5-7-21(20)25(33)34/h8-15,20-21H,4-7H2,1-3H3,(H,27,30)(H,28,31)(H,29,32)(H,33,34)/t20?,21-/m0/s1. The van der Waals surface area contributed by atoms with E-state index in [0.29, 0.717) is 24.1 Å². The van der Waals surface area contributed by atoms with Gasteiger partial charge in [-0.3, -0.25) is 30.0 Å². The van der Waals surface area contributed by atoms with E-state index in [1.807, 2.05) is 12.1 Å². The number of amides is 3. The van der Waals surface area contributed by atoms with Gasteiger partial charge < -0.3 is 10.4 Å². The van der Waals surface area contributed by atoms with Crippen LogP contribution in [-0.2, 0) is 15.0 Å². The first-order valence-electron chi connectivity index (χ1n) is 11.4. The van der Waals surface area contributed by atoms with Crippen molar-refractivity contribution < 1.29 is 24.3 Å². The summed E-state index contributed by atoms with van der Waals surface area (Å²) in [5.41, 5.74) is 7.16. The van der Waals surface area contributed by atoms with Crippen molar-refractivity contribution in [2.45, 2.75) is 51.9 Å². The number of anilines is 1. The second-order valence-electron chi connectivity index (χ2n) is 9.64. The Morgan fingerprint density at radius 3 is 1.85 bits per heavy atom. The van der Waals surface area contributed by atoms with Crippen LogP contribution >= 0.6 is 0 Å². The van der Waals surface area contributed by atoms with Crippen LogP contribution in [-0.4, -0.2) is 28.8 Å². The molecular formula is C26H31N3O5. The minimum atomic E-state index is -0.992. The molecule has 0 spiro atoms. The molecule has 0 aromatic heterocycles. The lowest BCUT2D eigenvalue weighted by atomic mass is 9.79. The highest BCUT2D eigenvalue weighted by molar-refractivity contribution is 6.04. The van der Waals surface area contributed by atoms with E-state index in [-0.39, 0.29) is 16.9 Å². The average molecular weight is 466 g/mol. The summed E-state index contributed by atoms with van der Waals surface area (Å²) >= 11 is 0. The van der Waals surface area contributed by atoms with E-state index in [0.717, 1.165) is 18.4 Å². The summed E-state index contributed by atoms with van der Waals surface area (Å²) in [7, 11) is 0. The molecule has 2 aromatic carbocycles. The van der Waals surface area contributed by atoms with Crippen LogP contribution in [0.15, 0.2) is 48.5 Å². The van der Waals surface area contributed by atoms with Crippen molar-refractivity contribution in [3.8, 4) is 0 Å². The van der Waals surface area contributed by atoms with Crippen molar-refractivity contribution in [3.63, 3.8) is 0 Å². The summed E-state index contributed by atoms with van der Waals surface area (Å²) in [6.45, 7) is 6.32. The number of carbonyl (C=O) groups excluding carboxylic acids is 3. The fourth-order valence-corrected chi connectivity index (χ4v) is 4.05. The van der Waals surface area contributed by atoms with Gasteiger partial charge in [-0.25, -0.2) is 0 Å². The molecule has 180 valence electrons. The molecule has 0 aliphatic heterocycles. The molecule has 1 unspecified atom stereocenters. The summed E-state index contributed by atoms with van der Waals surface area (Å²) in [6.07, 6.45) is 2.49. The molecule has 3 rings (SSSR count). The zero-order valence-electron chi connectivity index (χ0n) is 19.7. The second-order valence-corrected chi connectivity index (χ2v) is 9.64. The van der Waals surface area contributed by atoms with Crippen LogP contribution in [0.25, 0.3) is 0 Å². The average Bonchev–Trinajstić information content (AvgIpc) is 2.82. The summed E-state index contributed by atoms with van der Waals surface area (Å²) < 4.78 is 0. The van der Waals surface area contributed by atoms with Gasteiger partial charge in [-0.05, 0) is 60.2 Å². The number of carbonyl (C=O) groups is 4. The van der Waals surface area contributed by atoms with Crippen molar-refractivity contribution in [1.29, 1.82) is 0 Å². The highest BCUT2D eigenvalue weighted by atomic mass is 16.4. The Morgan fingerprint density at radius 2 is 1.29 bits per heavy atom. The lowest BCUT2D eigenvalue weighted by Crippen LogP contribution is -2.47. The Hall–Kier alpha value is -3.68. The van der Waals surface area contributed by atoms with Crippen LogP contribution in [0.1, 0.15) is 72.7 Å². The fraction of sp³-hybridized carbons (Fsp3) is 0.385. The van der Waals surface area contributed by atoms with Crippen molar-refractivity contribution in [3.05, 3.63) is 65.2 Å². The van der Waals surface area contributed by atoms with Crippen molar-refractivity contribution in [2.75, 3.05) is 5.32 Å². The molecule has 0 saturated heterocycles. The lowest BCUT2D eigenvalue weighted by Gasteiger charge is -2.27. The minimum Gasteiger partial charge on any atom is -0.481 e. The second kappa shape index (κ2) is 10.5. The number of rotatable bonds is 5. The monoisotopic (exact) mass is 465 g/mol. The topological polar surface area (TPSA) is 125 Å². The van der Waals surface area contributed by atoms with E-state index >= 15 is 0 Å². The third-order valence-corrected chi connectivity index (χ3v) is 6.14. The Labute approximate surface area is 199 Å².